The zero-order valence-corrected chi connectivity index (χ0v) is 20.6. The van der Waals surface area contributed by atoms with Crippen molar-refractivity contribution in [1.29, 1.82) is 0 Å². The first-order chi connectivity index (χ1) is 16.2. The third kappa shape index (κ3) is 6.05. The maximum atomic E-state index is 11.3. The second-order valence-corrected chi connectivity index (χ2v) is 10.2. The van der Waals surface area contributed by atoms with E-state index in [9.17, 15) is 5.11 Å². The van der Waals surface area contributed by atoms with Crippen LogP contribution < -0.4 is 14.8 Å². The van der Waals surface area contributed by atoms with Crippen molar-refractivity contribution in [3.05, 3.63) is 35.6 Å². The van der Waals surface area contributed by atoms with Gasteiger partial charge in [0.15, 0.2) is 11.5 Å². The second kappa shape index (κ2) is 12.1. The van der Waals surface area contributed by atoms with Gasteiger partial charge in [-0.15, -0.1) is 0 Å². The van der Waals surface area contributed by atoms with E-state index < -0.39 is 0 Å². The van der Waals surface area contributed by atoms with Gasteiger partial charge in [-0.3, -0.25) is 0 Å². The molecule has 1 aliphatic heterocycles. The first-order valence-electron chi connectivity index (χ1n) is 13.2. The molecular weight excluding hydrogens is 414 g/mol. The number of hydrogen-bond donors (Lipinski definition) is 2. The minimum absolute atomic E-state index is 0.0689. The maximum Gasteiger partial charge on any atom is 0.161 e. The molecule has 2 fully saturated rings. The predicted octanol–water partition coefficient (Wildman–Crippen LogP) is 5.70. The van der Waals surface area contributed by atoms with Gasteiger partial charge in [0.25, 0.3) is 0 Å². The molecule has 0 radical (unpaired) electrons. The van der Waals surface area contributed by atoms with E-state index >= 15 is 0 Å². The van der Waals surface area contributed by atoms with Crippen LogP contribution in [-0.2, 0) is 11.2 Å². The lowest BCUT2D eigenvalue weighted by molar-refractivity contribution is -0.0690. The fourth-order valence-electron chi connectivity index (χ4n) is 6.19. The van der Waals surface area contributed by atoms with Gasteiger partial charge in [0.2, 0.25) is 0 Å². The molecule has 33 heavy (non-hydrogen) atoms. The molecule has 0 amide bonds. The lowest BCUT2D eigenvalue weighted by Crippen LogP contribution is -2.41. The number of fused-ring (bicyclic) bond motifs is 1. The van der Waals surface area contributed by atoms with Gasteiger partial charge in [-0.05, 0) is 86.2 Å². The van der Waals surface area contributed by atoms with Crippen LogP contribution in [0.25, 0.3) is 0 Å². The number of hydrogen-bond acceptors (Lipinski definition) is 5. The van der Waals surface area contributed by atoms with Crippen molar-refractivity contribution < 1.29 is 19.3 Å². The molecule has 1 aromatic carbocycles. The Kier molecular flexibility index (Phi) is 8.96. The summed E-state index contributed by atoms with van der Waals surface area (Å²) in [6.45, 7) is 0.951. The average Bonchev–Trinajstić information content (AvgIpc) is 2.88. The molecule has 1 aromatic rings. The minimum Gasteiger partial charge on any atom is -0.495 e. The zero-order valence-electron chi connectivity index (χ0n) is 20.6. The van der Waals surface area contributed by atoms with E-state index in [2.05, 4.69) is 23.5 Å². The summed E-state index contributed by atoms with van der Waals surface area (Å²) in [5.41, 5.74) is 2.59. The maximum absolute atomic E-state index is 11.3. The Morgan fingerprint density at radius 3 is 2.24 bits per heavy atom. The molecule has 5 nitrogen and oxygen atoms in total. The lowest BCUT2D eigenvalue weighted by Gasteiger charge is -2.37. The number of rotatable bonds is 9. The van der Waals surface area contributed by atoms with Gasteiger partial charge in [0, 0.05) is 6.04 Å². The highest BCUT2D eigenvalue weighted by molar-refractivity contribution is 5.49. The second-order valence-electron chi connectivity index (χ2n) is 10.2. The molecule has 0 saturated heterocycles. The molecule has 2 N–H and O–H groups in total. The fourth-order valence-corrected chi connectivity index (χ4v) is 6.19. The Morgan fingerprint density at radius 2 is 1.58 bits per heavy atom. The number of methoxy groups -OCH3 is 2. The zero-order chi connectivity index (χ0) is 23.0. The van der Waals surface area contributed by atoms with Crippen LogP contribution >= 0.6 is 0 Å². The van der Waals surface area contributed by atoms with E-state index in [0.717, 1.165) is 43.7 Å². The smallest absolute Gasteiger partial charge is 0.161 e. The normalized spacial score (nSPS) is 24.3. The van der Waals surface area contributed by atoms with Crippen LogP contribution in [0.4, 0.5) is 0 Å². The minimum atomic E-state index is -0.344. The molecule has 3 atom stereocenters. The van der Waals surface area contributed by atoms with Crippen LogP contribution in [0.5, 0.6) is 11.5 Å². The summed E-state index contributed by atoms with van der Waals surface area (Å²) in [5.74, 6) is 2.44. The highest BCUT2D eigenvalue weighted by Gasteiger charge is 2.35. The van der Waals surface area contributed by atoms with Gasteiger partial charge < -0.3 is 24.6 Å². The van der Waals surface area contributed by atoms with Crippen molar-refractivity contribution in [3.8, 4) is 11.5 Å². The summed E-state index contributed by atoms with van der Waals surface area (Å²) in [5, 5.41) is 14.9. The van der Waals surface area contributed by atoms with Crippen molar-refractivity contribution in [3.63, 3.8) is 0 Å². The van der Waals surface area contributed by atoms with Gasteiger partial charge in [-0.1, -0.05) is 38.5 Å². The molecule has 0 spiro atoms. The summed E-state index contributed by atoms with van der Waals surface area (Å²) >= 11 is 0. The molecule has 184 valence electrons. The molecule has 3 aliphatic rings. The van der Waals surface area contributed by atoms with Crippen molar-refractivity contribution in [2.75, 3.05) is 20.8 Å². The van der Waals surface area contributed by atoms with E-state index in [4.69, 9.17) is 14.2 Å². The predicted molar refractivity (Wildman–Crippen MR) is 132 cm³/mol. The number of benzene rings is 1. The number of nitrogens with one attached hydrogen (secondary N) is 1. The van der Waals surface area contributed by atoms with Crippen LogP contribution in [0.1, 0.15) is 87.8 Å². The van der Waals surface area contributed by atoms with Crippen LogP contribution in [0.3, 0.4) is 0 Å². The molecule has 2 aliphatic carbocycles. The molecule has 2 saturated carbocycles. The molecule has 5 heteroatoms. The van der Waals surface area contributed by atoms with E-state index in [0.29, 0.717) is 11.8 Å². The number of ether oxygens (including phenoxy) is 3. The van der Waals surface area contributed by atoms with E-state index in [1.54, 1.807) is 14.2 Å². The monoisotopic (exact) mass is 457 g/mol. The molecule has 0 bridgehead atoms. The van der Waals surface area contributed by atoms with Crippen LogP contribution in [-0.4, -0.2) is 38.1 Å². The molecule has 0 aromatic heterocycles. The van der Waals surface area contributed by atoms with Crippen LogP contribution in [0.15, 0.2) is 24.5 Å². The Labute approximate surface area is 199 Å². The number of aliphatic hydroxyl groups is 1. The van der Waals surface area contributed by atoms with Crippen molar-refractivity contribution in [2.24, 2.45) is 11.8 Å². The molecule has 1 heterocycles. The fraction of sp³-hybridized carbons (Fsp3) is 0.714. The first-order valence-corrected chi connectivity index (χ1v) is 13.2. The lowest BCUT2D eigenvalue weighted by atomic mass is 9.76. The van der Waals surface area contributed by atoms with Gasteiger partial charge in [0.1, 0.15) is 6.10 Å². The summed E-state index contributed by atoms with van der Waals surface area (Å²) in [6.07, 6.45) is 17.7. The van der Waals surface area contributed by atoms with Gasteiger partial charge in [-0.2, -0.15) is 0 Å². The standard InChI is InChI=1S/C28H43NO4/c1-31-25-18-22-15-16-29-24(23(22)19-26(25)32-2)14-9-17-33-28(21-12-7-4-8-13-21)27(30)20-10-5-3-6-11-20/h9,17-21,24,27-30H,3-8,10-16H2,1-2H3/b17-9+/t24-,27-,28-/m1/s1. The van der Waals surface area contributed by atoms with E-state index in [1.165, 1.54) is 62.5 Å². The van der Waals surface area contributed by atoms with Crippen molar-refractivity contribution in [2.45, 2.75) is 95.3 Å². The average molecular weight is 458 g/mol. The highest BCUT2D eigenvalue weighted by atomic mass is 16.5. The Bertz CT molecular complexity index is 767. The highest BCUT2D eigenvalue weighted by Crippen LogP contribution is 2.37. The van der Waals surface area contributed by atoms with Crippen LogP contribution in [0, 0.1) is 11.8 Å². The molecular formula is C28H43NO4. The van der Waals surface area contributed by atoms with Gasteiger partial charge in [-0.25, -0.2) is 0 Å². The summed E-state index contributed by atoms with van der Waals surface area (Å²) in [7, 11) is 3.37. The summed E-state index contributed by atoms with van der Waals surface area (Å²) < 4.78 is 17.4. The quantitative estimate of drug-likeness (QED) is 0.466. The largest absolute Gasteiger partial charge is 0.495 e. The number of aliphatic hydroxyl groups excluding tert-OH is 1. The third-order valence-electron chi connectivity index (χ3n) is 8.09. The first kappa shape index (κ1) is 24.4. The van der Waals surface area contributed by atoms with Gasteiger partial charge in [0.05, 0.1) is 26.6 Å². The molecule has 0 unspecified atom stereocenters. The van der Waals surface area contributed by atoms with E-state index in [-0.39, 0.29) is 18.2 Å². The summed E-state index contributed by atoms with van der Waals surface area (Å²) in [6, 6.07) is 4.45. The van der Waals surface area contributed by atoms with Crippen molar-refractivity contribution in [1.82, 2.24) is 5.32 Å². The Hall–Kier alpha value is -1.72. The molecule has 4 rings (SSSR count). The van der Waals surface area contributed by atoms with Crippen molar-refractivity contribution >= 4 is 0 Å². The van der Waals surface area contributed by atoms with Crippen LogP contribution in [0.2, 0.25) is 0 Å². The van der Waals surface area contributed by atoms with Gasteiger partial charge >= 0.3 is 0 Å². The summed E-state index contributed by atoms with van der Waals surface area (Å²) in [4.78, 5) is 0. The SMILES string of the molecule is COc1cc2c(cc1OC)[C@@H](C/C=C/O[C@H](C1CCCCC1)[C@H](O)C1CCCCC1)NCC2. The van der Waals surface area contributed by atoms with E-state index in [1.807, 2.05) is 6.26 Å². The Morgan fingerprint density at radius 1 is 0.939 bits per heavy atom. The Balaban J connectivity index is 1.41. The topological polar surface area (TPSA) is 60.0 Å². The third-order valence-corrected chi connectivity index (χ3v) is 8.09.